The van der Waals surface area contributed by atoms with Gasteiger partial charge in [-0.3, -0.25) is 4.98 Å². The Morgan fingerprint density at radius 3 is 2.65 bits per heavy atom. The first-order valence-electron chi connectivity index (χ1n) is 5.19. The molecule has 1 aromatic heterocycles. The molecule has 0 radical (unpaired) electrons. The quantitative estimate of drug-likeness (QED) is 0.877. The van der Waals surface area contributed by atoms with Gasteiger partial charge in [0.25, 0.3) is 0 Å². The number of phenols is 1. The van der Waals surface area contributed by atoms with Crippen LogP contribution in [0.15, 0.2) is 42.6 Å². The van der Waals surface area contributed by atoms with Crippen LogP contribution in [0, 0.1) is 0 Å². The fourth-order valence-corrected chi connectivity index (χ4v) is 1.35. The van der Waals surface area contributed by atoms with Crippen LogP contribution in [0.4, 0.5) is 0 Å². The van der Waals surface area contributed by atoms with Crippen molar-refractivity contribution < 1.29 is 14.6 Å². The van der Waals surface area contributed by atoms with Crippen LogP contribution < -0.4 is 9.47 Å². The number of para-hydroxylation sites is 2. The van der Waals surface area contributed by atoms with Gasteiger partial charge >= 0.3 is 0 Å². The van der Waals surface area contributed by atoms with E-state index in [1.165, 1.54) is 0 Å². The molecule has 1 heterocycles. The van der Waals surface area contributed by atoms with E-state index >= 15 is 0 Å². The number of ether oxygens (including phenoxy) is 2. The van der Waals surface area contributed by atoms with E-state index in [0.717, 1.165) is 5.69 Å². The van der Waals surface area contributed by atoms with E-state index in [9.17, 15) is 5.11 Å². The van der Waals surface area contributed by atoms with Gasteiger partial charge < -0.3 is 14.6 Å². The van der Waals surface area contributed by atoms with Crippen LogP contribution in [-0.4, -0.2) is 17.2 Å². The number of methoxy groups -OCH3 is 1. The predicted molar refractivity (Wildman–Crippen MR) is 63.2 cm³/mol. The van der Waals surface area contributed by atoms with E-state index in [2.05, 4.69) is 4.98 Å². The number of aromatic nitrogens is 1. The molecule has 0 fully saturated rings. The Hall–Kier alpha value is -2.23. The molecule has 0 amide bonds. The molecule has 0 aliphatic rings. The van der Waals surface area contributed by atoms with Gasteiger partial charge in [0.2, 0.25) is 0 Å². The van der Waals surface area contributed by atoms with E-state index in [1.54, 1.807) is 37.6 Å². The topological polar surface area (TPSA) is 51.6 Å². The molecule has 4 nitrogen and oxygen atoms in total. The summed E-state index contributed by atoms with van der Waals surface area (Å²) in [6.45, 7) is 0.307. The summed E-state index contributed by atoms with van der Waals surface area (Å²) in [6.07, 6.45) is 1.63. The number of hydrogen-bond acceptors (Lipinski definition) is 4. The van der Waals surface area contributed by atoms with Crippen molar-refractivity contribution in [2.24, 2.45) is 0 Å². The van der Waals surface area contributed by atoms with E-state index in [0.29, 0.717) is 18.1 Å². The van der Waals surface area contributed by atoms with Gasteiger partial charge in [-0.15, -0.1) is 0 Å². The number of phenolic OH excluding ortho intramolecular Hbond substituents is 1. The maximum absolute atomic E-state index is 9.51. The highest BCUT2D eigenvalue weighted by Gasteiger charge is 2.02. The Balaban J connectivity index is 2.00. The van der Waals surface area contributed by atoms with Gasteiger partial charge in [-0.25, -0.2) is 0 Å². The van der Waals surface area contributed by atoms with Crippen LogP contribution in [0.2, 0.25) is 0 Å². The minimum atomic E-state index is 0.126. The standard InChI is InChI=1S/C13H13NO3/c1-16-11-7-6-10(14-8-11)9-17-13-5-3-2-4-12(13)15/h2-8,15H,9H2,1H3. The average Bonchev–Trinajstić information content (AvgIpc) is 2.38. The van der Waals surface area contributed by atoms with Crippen molar-refractivity contribution in [1.29, 1.82) is 0 Å². The van der Waals surface area contributed by atoms with Crippen molar-refractivity contribution in [3.63, 3.8) is 0 Å². The molecule has 0 unspecified atom stereocenters. The average molecular weight is 231 g/mol. The maximum atomic E-state index is 9.51. The van der Waals surface area contributed by atoms with Crippen molar-refractivity contribution in [2.75, 3.05) is 7.11 Å². The number of rotatable bonds is 4. The summed E-state index contributed by atoms with van der Waals surface area (Å²) in [4.78, 5) is 4.16. The zero-order chi connectivity index (χ0) is 12.1. The fourth-order valence-electron chi connectivity index (χ4n) is 1.35. The summed E-state index contributed by atoms with van der Waals surface area (Å²) in [5.74, 6) is 1.28. The van der Waals surface area contributed by atoms with Gasteiger partial charge in [0.1, 0.15) is 12.4 Å². The summed E-state index contributed by atoms with van der Waals surface area (Å²) >= 11 is 0. The highest BCUT2D eigenvalue weighted by atomic mass is 16.5. The maximum Gasteiger partial charge on any atom is 0.161 e. The zero-order valence-electron chi connectivity index (χ0n) is 9.46. The van der Waals surface area contributed by atoms with Crippen LogP contribution in [0.1, 0.15) is 5.69 Å². The van der Waals surface area contributed by atoms with Crippen molar-refractivity contribution in [1.82, 2.24) is 4.98 Å². The van der Waals surface area contributed by atoms with E-state index in [4.69, 9.17) is 9.47 Å². The second-order valence-electron chi connectivity index (χ2n) is 3.45. The first-order chi connectivity index (χ1) is 8.29. The lowest BCUT2D eigenvalue weighted by Gasteiger charge is -2.07. The molecule has 2 rings (SSSR count). The number of benzene rings is 1. The first kappa shape index (κ1) is 11.3. The summed E-state index contributed by atoms with van der Waals surface area (Å²) in [5, 5.41) is 9.51. The molecule has 88 valence electrons. The summed E-state index contributed by atoms with van der Waals surface area (Å²) in [5.41, 5.74) is 0.772. The highest BCUT2D eigenvalue weighted by Crippen LogP contribution is 2.25. The van der Waals surface area contributed by atoms with Gasteiger partial charge in [-0.05, 0) is 24.3 Å². The van der Waals surface area contributed by atoms with Crippen molar-refractivity contribution >= 4 is 0 Å². The van der Waals surface area contributed by atoms with Crippen molar-refractivity contribution in [3.8, 4) is 17.2 Å². The monoisotopic (exact) mass is 231 g/mol. The minimum Gasteiger partial charge on any atom is -0.504 e. The fraction of sp³-hybridized carbons (Fsp3) is 0.154. The summed E-state index contributed by atoms with van der Waals surface area (Å²) in [7, 11) is 1.59. The lowest BCUT2D eigenvalue weighted by molar-refractivity contribution is 0.284. The SMILES string of the molecule is COc1ccc(COc2ccccc2O)nc1. The second kappa shape index (κ2) is 5.21. The van der Waals surface area contributed by atoms with Gasteiger partial charge in [-0.1, -0.05) is 12.1 Å². The Bertz CT molecular complexity index is 482. The Labute approximate surface area is 99.5 Å². The van der Waals surface area contributed by atoms with Crippen LogP contribution in [-0.2, 0) is 6.61 Å². The van der Waals surface area contributed by atoms with E-state index in [1.807, 2.05) is 12.1 Å². The van der Waals surface area contributed by atoms with E-state index in [-0.39, 0.29) is 5.75 Å². The van der Waals surface area contributed by atoms with Crippen LogP contribution in [0.3, 0.4) is 0 Å². The molecule has 0 atom stereocenters. The van der Waals surface area contributed by atoms with E-state index < -0.39 is 0 Å². The molecule has 1 aromatic carbocycles. The van der Waals surface area contributed by atoms with Crippen LogP contribution >= 0.6 is 0 Å². The molecule has 2 aromatic rings. The molecular weight excluding hydrogens is 218 g/mol. The lowest BCUT2D eigenvalue weighted by Crippen LogP contribution is -1.98. The van der Waals surface area contributed by atoms with Gasteiger partial charge in [0.15, 0.2) is 11.5 Å². The Morgan fingerprint density at radius 1 is 1.18 bits per heavy atom. The number of aromatic hydroxyl groups is 1. The van der Waals surface area contributed by atoms with Gasteiger partial charge in [0.05, 0.1) is 19.0 Å². The molecule has 0 aliphatic carbocycles. The third kappa shape index (κ3) is 2.87. The Morgan fingerprint density at radius 2 is 2.00 bits per heavy atom. The third-order valence-corrected chi connectivity index (χ3v) is 2.27. The molecule has 0 aliphatic heterocycles. The smallest absolute Gasteiger partial charge is 0.161 e. The molecular formula is C13H13NO3. The molecule has 17 heavy (non-hydrogen) atoms. The largest absolute Gasteiger partial charge is 0.504 e. The third-order valence-electron chi connectivity index (χ3n) is 2.27. The number of pyridine rings is 1. The molecule has 1 N–H and O–H groups in total. The molecule has 0 saturated carbocycles. The minimum absolute atomic E-state index is 0.126. The molecule has 0 saturated heterocycles. The van der Waals surface area contributed by atoms with Gasteiger partial charge in [-0.2, -0.15) is 0 Å². The lowest BCUT2D eigenvalue weighted by atomic mass is 10.3. The zero-order valence-corrected chi connectivity index (χ0v) is 9.46. The first-order valence-corrected chi connectivity index (χ1v) is 5.19. The normalized spacial score (nSPS) is 9.94. The van der Waals surface area contributed by atoms with Crippen molar-refractivity contribution in [3.05, 3.63) is 48.3 Å². The predicted octanol–water partition coefficient (Wildman–Crippen LogP) is 2.37. The highest BCUT2D eigenvalue weighted by molar-refractivity contribution is 5.38. The van der Waals surface area contributed by atoms with Gasteiger partial charge in [0, 0.05) is 0 Å². The summed E-state index contributed by atoms with van der Waals surface area (Å²) < 4.78 is 10.5. The number of hydrogen-bond donors (Lipinski definition) is 1. The molecule has 0 spiro atoms. The molecule has 0 bridgehead atoms. The summed E-state index contributed by atoms with van der Waals surface area (Å²) in [6, 6.07) is 10.5. The number of nitrogens with zero attached hydrogens (tertiary/aromatic N) is 1. The Kier molecular flexibility index (Phi) is 3.45. The van der Waals surface area contributed by atoms with Crippen LogP contribution in [0.25, 0.3) is 0 Å². The van der Waals surface area contributed by atoms with Crippen LogP contribution in [0.5, 0.6) is 17.2 Å². The molecule has 4 heteroatoms. The second-order valence-corrected chi connectivity index (χ2v) is 3.45. The van der Waals surface area contributed by atoms with Crippen molar-refractivity contribution in [2.45, 2.75) is 6.61 Å².